The Balaban J connectivity index is 5.07. The number of hydrogen-bond acceptors (Lipinski definition) is 7. The lowest BCUT2D eigenvalue weighted by atomic mass is 10.0. The normalized spacial score (nSPS) is 13.7. The minimum atomic E-state index is -4.70. The van der Waals surface area contributed by atoms with Crippen molar-refractivity contribution in [1.82, 2.24) is 5.32 Å². The van der Waals surface area contributed by atoms with Crippen LogP contribution in [0.1, 0.15) is 367 Å². The van der Waals surface area contributed by atoms with Crippen LogP contribution in [-0.4, -0.2) is 69.4 Å². The molecule has 10 heteroatoms. The van der Waals surface area contributed by atoms with Crippen LogP contribution in [0.15, 0.2) is 36.5 Å². The van der Waals surface area contributed by atoms with E-state index in [1.54, 1.807) is 0 Å². The number of phosphoric acid groups is 1. The molecule has 0 bridgehead atoms. The lowest BCUT2D eigenvalue weighted by Gasteiger charge is -2.30. The Morgan fingerprint density at radius 3 is 1.02 bits per heavy atom. The average Bonchev–Trinajstić information content (AvgIpc) is 3.46. The van der Waals surface area contributed by atoms with Crippen LogP contribution < -0.4 is 10.2 Å². The van der Waals surface area contributed by atoms with Crippen LogP contribution in [0.25, 0.3) is 0 Å². The van der Waals surface area contributed by atoms with Gasteiger partial charge in [-0.1, -0.05) is 308 Å². The fourth-order valence-electron chi connectivity index (χ4n) is 10.9. The first-order valence-corrected chi connectivity index (χ1v) is 37.8. The van der Waals surface area contributed by atoms with Gasteiger partial charge in [0.15, 0.2) is 0 Å². The summed E-state index contributed by atoms with van der Waals surface area (Å²) in [5, 5.41) is 3.05. The molecule has 0 aromatic heterocycles. The van der Waals surface area contributed by atoms with E-state index in [1.165, 1.54) is 276 Å². The van der Waals surface area contributed by atoms with Crippen molar-refractivity contribution >= 4 is 19.7 Å². The highest BCUT2D eigenvalue weighted by atomic mass is 31.2. The molecule has 0 radical (unpaired) electrons. The van der Waals surface area contributed by atoms with Crippen molar-refractivity contribution in [2.75, 3.05) is 40.9 Å². The van der Waals surface area contributed by atoms with Gasteiger partial charge in [0.1, 0.15) is 19.3 Å². The number of nitrogens with zero attached hydrogens (tertiary/aromatic N) is 1. The van der Waals surface area contributed by atoms with Crippen molar-refractivity contribution in [3.8, 4) is 0 Å². The third-order valence-corrected chi connectivity index (χ3v) is 17.5. The number of unbranched alkanes of at least 4 members (excludes halogenated alkanes) is 47. The number of carbonyl (C=O) groups excluding carboxylic acids is 2. The smallest absolute Gasteiger partial charge is 0.306 e. The molecule has 0 spiro atoms. The summed E-state index contributed by atoms with van der Waals surface area (Å²) in [7, 11) is 1.20. The van der Waals surface area contributed by atoms with E-state index in [4.69, 9.17) is 13.8 Å². The zero-order valence-electron chi connectivity index (χ0n) is 56.2. The Morgan fingerprint density at radius 2 is 0.699 bits per heavy atom. The van der Waals surface area contributed by atoms with Crippen molar-refractivity contribution in [3.05, 3.63) is 36.5 Å². The third-order valence-electron chi connectivity index (χ3n) is 16.5. The van der Waals surface area contributed by atoms with E-state index in [2.05, 4.69) is 50.4 Å². The average molecular weight is 1190 g/mol. The predicted molar refractivity (Wildman–Crippen MR) is 358 cm³/mol. The zero-order chi connectivity index (χ0) is 60.7. The second-order valence-corrected chi connectivity index (χ2v) is 27.5. The molecule has 0 saturated carbocycles. The molecule has 3 unspecified atom stereocenters. The number of rotatable bonds is 67. The number of nitrogens with one attached hydrogen (secondary N) is 1. The highest BCUT2D eigenvalue weighted by Crippen LogP contribution is 2.38. The predicted octanol–water partition coefficient (Wildman–Crippen LogP) is 22.4. The molecule has 0 aromatic rings. The van der Waals surface area contributed by atoms with Crippen LogP contribution in [0, 0.1) is 0 Å². The summed E-state index contributed by atoms with van der Waals surface area (Å²) in [4.78, 5) is 40.2. The number of quaternary nitrogens is 1. The molecule has 0 aliphatic rings. The third kappa shape index (κ3) is 64.5. The Labute approximate surface area is 516 Å². The molecule has 0 rings (SSSR count). The number of allylic oxidation sites excluding steroid dienone is 5. The van der Waals surface area contributed by atoms with E-state index < -0.39 is 20.0 Å². The van der Waals surface area contributed by atoms with Gasteiger partial charge in [0.05, 0.1) is 33.8 Å². The molecule has 0 aliphatic heterocycles. The van der Waals surface area contributed by atoms with Crippen LogP contribution in [0.3, 0.4) is 0 Å². The summed E-state index contributed by atoms with van der Waals surface area (Å²) >= 11 is 0. The highest BCUT2D eigenvalue weighted by Gasteiger charge is 2.27. The number of esters is 1. The van der Waals surface area contributed by atoms with Crippen molar-refractivity contribution in [2.24, 2.45) is 0 Å². The van der Waals surface area contributed by atoms with Gasteiger partial charge >= 0.3 is 5.97 Å². The monoisotopic (exact) mass is 1190 g/mol. The first-order valence-electron chi connectivity index (χ1n) is 36.3. The molecule has 0 saturated heterocycles. The van der Waals surface area contributed by atoms with Crippen molar-refractivity contribution < 1.29 is 37.3 Å². The maximum absolute atomic E-state index is 13.6. The summed E-state index contributed by atoms with van der Waals surface area (Å²) in [6.07, 6.45) is 78.4. The number of carbonyl (C=O) groups is 2. The van der Waals surface area contributed by atoms with Gasteiger partial charge in [0.25, 0.3) is 7.82 Å². The van der Waals surface area contributed by atoms with Gasteiger partial charge in [-0.15, -0.1) is 0 Å². The van der Waals surface area contributed by atoms with Gasteiger partial charge in [-0.05, 0) is 83.1 Å². The SMILES string of the molecule is CCCCCCCC/C=C/CCCCCCCCCCCCCCCC(=O)NC(COP(=O)([O-])OCC[N+](C)(C)C)C(/C=C/CCCCCCCCCCCCC)OC(=O)CCCCCCCCCCCCC/C=C/CCCCCCCC. The number of ether oxygens (including phenoxy) is 1. The minimum Gasteiger partial charge on any atom is -0.756 e. The topological polar surface area (TPSA) is 114 Å². The largest absolute Gasteiger partial charge is 0.756 e. The minimum absolute atomic E-state index is 0.0197. The van der Waals surface area contributed by atoms with E-state index in [9.17, 15) is 19.0 Å². The van der Waals surface area contributed by atoms with E-state index in [1.807, 2.05) is 33.3 Å². The molecule has 1 N–H and O–H groups in total. The van der Waals surface area contributed by atoms with Crippen LogP contribution in [0.2, 0.25) is 0 Å². The number of phosphoric ester groups is 1. The van der Waals surface area contributed by atoms with Gasteiger partial charge < -0.3 is 28.5 Å². The summed E-state index contributed by atoms with van der Waals surface area (Å²) in [5.41, 5.74) is 0. The molecule has 83 heavy (non-hydrogen) atoms. The van der Waals surface area contributed by atoms with E-state index in [0.29, 0.717) is 17.4 Å². The first-order chi connectivity index (χ1) is 40.4. The van der Waals surface area contributed by atoms with E-state index in [-0.39, 0.29) is 31.5 Å². The van der Waals surface area contributed by atoms with E-state index in [0.717, 1.165) is 57.8 Å². The fourth-order valence-corrected chi connectivity index (χ4v) is 11.7. The van der Waals surface area contributed by atoms with Crippen molar-refractivity contribution in [3.63, 3.8) is 0 Å². The maximum Gasteiger partial charge on any atom is 0.306 e. The number of amides is 1. The van der Waals surface area contributed by atoms with Gasteiger partial charge in [0.2, 0.25) is 5.91 Å². The summed E-state index contributed by atoms with van der Waals surface area (Å²) in [6.45, 7) is 6.90. The van der Waals surface area contributed by atoms with Gasteiger partial charge in [-0.2, -0.15) is 0 Å². The van der Waals surface area contributed by atoms with Crippen LogP contribution in [0.4, 0.5) is 0 Å². The highest BCUT2D eigenvalue weighted by molar-refractivity contribution is 7.45. The Kier molecular flexibility index (Phi) is 61.9. The molecule has 9 nitrogen and oxygen atoms in total. The number of hydrogen-bond donors (Lipinski definition) is 1. The molecule has 3 atom stereocenters. The molecular formula is C73H141N2O7P. The van der Waals surface area contributed by atoms with Crippen LogP contribution in [-0.2, 0) is 27.9 Å². The molecule has 1 amide bonds. The second-order valence-electron chi connectivity index (χ2n) is 26.1. The molecule has 0 heterocycles. The van der Waals surface area contributed by atoms with Gasteiger partial charge in [-0.3, -0.25) is 14.2 Å². The Bertz CT molecular complexity index is 1510. The Morgan fingerprint density at radius 1 is 0.410 bits per heavy atom. The lowest BCUT2D eigenvalue weighted by Crippen LogP contribution is -2.47. The van der Waals surface area contributed by atoms with Crippen LogP contribution >= 0.6 is 7.82 Å². The van der Waals surface area contributed by atoms with E-state index >= 15 is 0 Å². The molecular weight excluding hydrogens is 1050 g/mol. The summed E-state index contributed by atoms with van der Waals surface area (Å²) in [5.74, 6) is -0.522. The van der Waals surface area contributed by atoms with Gasteiger partial charge in [0, 0.05) is 12.8 Å². The molecule has 0 aromatic carbocycles. The van der Waals surface area contributed by atoms with Crippen LogP contribution in [0.5, 0.6) is 0 Å². The quantitative estimate of drug-likeness (QED) is 0.0212. The summed E-state index contributed by atoms with van der Waals surface area (Å²) in [6, 6.07) is -0.887. The Hall–Kier alpha value is -1.77. The first kappa shape index (κ1) is 81.2. The van der Waals surface area contributed by atoms with Crippen molar-refractivity contribution in [1.29, 1.82) is 0 Å². The molecule has 490 valence electrons. The fraction of sp³-hybridized carbons (Fsp3) is 0.890. The second kappa shape index (κ2) is 63.3. The lowest BCUT2D eigenvalue weighted by molar-refractivity contribution is -0.870. The van der Waals surface area contributed by atoms with Crippen molar-refractivity contribution in [2.45, 2.75) is 380 Å². The summed E-state index contributed by atoms with van der Waals surface area (Å²) < 4.78 is 30.5. The zero-order valence-corrected chi connectivity index (χ0v) is 57.1. The maximum atomic E-state index is 13.6. The van der Waals surface area contributed by atoms with Gasteiger partial charge in [-0.25, -0.2) is 0 Å². The molecule has 0 aliphatic carbocycles. The number of likely N-dealkylation sites (N-methyl/N-ethyl adjacent to an activating group) is 1. The molecule has 0 fully saturated rings. The standard InChI is InChI=1S/C73H141N2O7P/c1-7-10-13-16-19-22-25-28-30-32-34-36-37-39-40-42-44-47-50-53-56-59-62-65-72(76)74-70(69-81-83(78,79)80-68-67-75(4,5)6)71(64-61-58-55-52-49-46-27-24-21-18-15-12-9-3)82-73(77)66-63-60-57-54-51-48-45-43-41-38-35-33-31-29-26-23-20-17-14-11-8-2/h28-31,61,64,70-71H,7-27,32-60,62-63,65-69H2,1-6H3,(H-,74,76,78,79)/b30-28+,31-29+,64-61+.